The molecule has 156 valence electrons. The summed E-state index contributed by atoms with van der Waals surface area (Å²) in [5.74, 6) is -1.16. The number of oxazole rings is 1. The van der Waals surface area contributed by atoms with Crippen LogP contribution in [-0.2, 0) is 11.2 Å². The minimum atomic E-state index is -0.640. The van der Waals surface area contributed by atoms with Crippen molar-refractivity contribution in [3.8, 4) is 0 Å². The number of aromatic nitrogens is 1. The van der Waals surface area contributed by atoms with E-state index in [9.17, 15) is 14.4 Å². The smallest absolute Gasteiger partial charge is 0.408 e. The van der Waals surface area contributed by atoms with Crippen LogP contribution >= 0.6 is 0 Å². The summed E-state index contributed by atoms with van der Waals surface area (Å²) in [7, 11) is 0. The zero-order chi connectivity index (χ0) is 20.4. The van der Waals surface area contributed by atoms with Gasteiger partial charge in [-0.3, -0.25) is 19.5 Å². The van der Waals surface area contributed by atoms with Gasteiger partial charge in [0.25, 0.3) is 5.91 Å². The predicted molar refractivity (Wildman–Crippen MR) is 109 cm³/mol. The van der Waals surface area contributed by atoms with Crippen molar-refractivity contribution in [1.29, 1.82) is 0 Å². The highest BCUT2D eigenvalue weighted by Gasteiger charge is 2.27. The summed E-state index contributed by atoms with van der Waals surface area (Å²) in [6.45, 7) is 3.44. The Hall–Kier alpha value is -2.61. The molecule has 1 aliphatic heterocycles. The molecule has 1 aliphatic carbocycles. The van der Waals surface area contributed by atoms with E-state index in [4.69, 9.17) is 10.2 Å². The lowest BCUT2D eigenvalue weighted by Crippen LogP contribution is -2.52. The number of carbonyl (C=O) groups is 2. The first-order valence-corrected chi connectivity index (χ1v) is 10.5. The SMILES string of the molecule is NC(=O)c1cc(CCC(=O)N2CCN(C3CCCCC3)CC2)cc2oc(=O)[nH]c12. The number of nitrogens with zero attached hydrogens (tertiary/aromatic N) is 2. The summed E-state index contributed by atoms with van der Waals surface area (Å²) in [6.07, 6.45) is 7.38. The third-order valence-corrected chi connectivity index (χ3v) is 6.24. The average molecular weight is 400 g/mol. The topological polar surface area (TPSA) is 113 Å². The molecule has 2 amide bonds. The molecule has 3 N–H and O–H groups in total. The van der Waals surface area contributed by atoms with E-state index in [1.165, 1.54) is 32.1 Å². The van der Waals surface area contributed by atoms with Crippen molar-refractivity contribution in [3.63, 3.8) is 0 Å². The Balaban J connectivity index is 1.35. The minimum Gasteiger partial charge on any atom is -0.408 e. The average Bonchev–Trinajstić information content (AvgIpc) is 3.12. The van der Waals surface area contributed by atoms with Crippen LogP contribution in [0.15, 0.2) is 21.3 Å². The van der Waals surface area contributed by atoms with Crippen molar-refractivity contribution in [2.45, 2.75) is 51.0 Å². The molecule has 1 aromatic heterocycles. The number of nitrogens with two attached hydrogens (primary N) is 1. The van der Waals surface area contributed by atoms with Gasteiger partial charge in [0.05, 0.1) is 11.1 Å². The zero-order valence-electron chi connectivity index (χ0n) is 16.6. The number of rotatable bonds is 5. The highest BCUT2D eigenvalue weighted by molar-refractivity contribution is 6.03. The second-order valence-electron chi connectivity index (χ2n) is 8.10. The molecule has 0 radical (unpaired) electrons. The van der Waals surface area contributed by atoms with Crippen LogP contribution in [0.3, 0.4) is 0 Å². The van der Waals surface area contributed by atoms with E-state index in [-0.39, 0.29) is 17.1 Å². The van der Waals surface area contributed by atoms with Crippen LogP contribution in [0.5, 0.6) is 0 Å². The second-order valence-corrected chi connectivity index (χ2v) is 8.10. The van der Waals surface area contributed by atoms with Gasteiger partial charge < -0.3 is 15.1 Å². The van der Waals surface area contributed by atoms with E-state index in [0.29, 0.717) is 24.4 Å². The third-order valence-electron chi connectivity index (χ3n) is 6.24. The lowest BCUT2D eigenvalue weighted by molar-refractivity contribution is -0.133. The van der Waals surface area contributed by atoms with Crippen LogP contribution < -0.4 is 11.5 Å². The largest absolute Gasteiger partial charge is 0.417 e. The number of primary amides is 1. The highest BCUT2D eigenvalue weighted by Crippen LogP contribution is 2.24. The summed E-state index contributed by atoms with van der Waals surface area (Å²) < 4.78 is 5.07. The molecule has 2 heterocycles. The van der Waals surface area contributed by atoms with Gasteiger partial charge >= 0.3 is 5.76 Å². The van der Waals surface area contributed by atoms with Gasteiger partial charge in [0.15, 0.2) is 5.58 Å². The molecular weight excluding hydrogens is 372 g/mol. The van der Waals surface area contributed by atoms with E-state index in [2.05, 4.69) is 9.88 Å². The number of nitrogens with one attached hydrogen (secondary N) is 1. The Labute approximate surface area is 169 Å². The maximum absolute atomic E-state index is 12.7. The standard InChI is InChI=1S/C21H28N4O4/c22-20(27)16-12-14(13-17-19(16)23-21(28)29-17)6-7-18(26)25-10-8-24(9-11-25)15-4-2-1-3-5-15/h12-13,15H,1-11H2,(H2,22,27)(H,23,28). The molecule has 29 heavy (non-hydrogen) atoms. The number of aromatic amines is 1. The van der Waals surface area contributed by atoms with Crippen molar-refractivity contribution in [2.24, 2.45) is 5.73 Å². The van der Waals surface area contributed by atoms with Crippen LogP contribution in [0, 0.1) is 0 Å². The van der Waals surface area contributed by atoms with E-state index in [1.807, 2.05) is 4.90 Å². The molecule has 0 spiro atoms. The second kappa shape index (κ2) is 8.41. The van der Waals surface area contributed by atoms with Crippen LogP contribution in [0.1, 0.15) is 54.4 Å². The molecule has 2 fully saturated rings. The Bertz CT molecular complexity index is 949. The molecule has 8 heteroatoms. The van der Waals surface area contributed by atoms with Gasteiger partial charge in [-0.15, -0.1) is 0 Å². The Morgan fingerprint density at radius 2 is 1.83 bits per heavy atom. The minimum absolute atomic E-state index is 0.115. The number of fused-ring (bicyclic) bond motifs is 1. The number of piperazine rings is 1. The third kappa shape index (κ3) is 4.37. The van der Waals surface area contributed by atoms with Crippen LogP contribution in [0.4, 0.5) is 0 Å². The van der Waals surface area contributed by atoms with Gasteiger partial charge in [0, 0.05) is 38.6 Å². The summed E-state index contributed by atoms with van der Waals surface area (Å²) in [4.78, 5) is 42.8. The van der Waals surface area contributed by atoms with Crippen LogP contribution in [-0.4, -0.2) is 58.8 Å². The molecule has 0 bridgehead atoms. The van der Waals surface area contributed by atoms with Crippen molar-refractivity contribution in [1.82, 2.24) is 14.8 Å². The van der Waals surface area contributed by atoms with E-state index in [1.54, 1.807) is 12.1 Å². The van der Waals surface area contributed by atoms with E-state index < -0.39 is 11.7 Å². The number of aryl methyl sites for hydroxylation is 1. The summed E-state index contributed by atoms with van der Waals surface area (Å²) in [5.41, 5.74) is 6.97. The first-order valence-electron chi connectivity index (χ1n) is 10.5. The number of carbonyl (C=O) groups excluding carboxylic acids is 2. The molecule has 8 nitrogen and oxygen atoms in total. The first-order chi connectivity index (χ1) is 14.0. The lowest BCUT2D eigenvalue weighted by atomic mass is 9.94. The quantitative estimate of drug-likeness (QED) is 0.792. The fourth-order valence-electron chi connectivity index (χ4n) is 4.64. The van der Waals surface area contributed by atoms with Crippen molar-refractivity contribution in [2.75, 3.05) is 26.2 Å². The van der Waals surface area contributed by atoms with Crippen molar-refractivity contribution >= 4 is 22.9 Å². The van der Waals surface area contributed by atoms with Crippen molar-refractivity contribution < 1.29 is 14.0 Å². The van der Waals surface area contributed by atoms with E-state index in [0.717, 1.165) is 31.7 Å². The lowest BCUT2D eigenvalue weighted by Gasteiger charge is -2.40. The number of H-pyrrole nitrogens is 1. The highest BCUT2D eigenvalue weighted by atomic mass is 16.4. The van der Waals surface area contributed by atoms with Gasteiger partial charge in [-0.25, -0.2) is 4.79 Å². The van der Waals surface area contributed by atoms with Gasteiger partial charge in [-0.05, 0) is 37.0 Å². The molecule has 4 rings (SSSR count). The Morgan fingerprint density at radius 3 is 2.52 bits per heavy atom. The molecule has 0 unspecified atom stereocenters. The van der Waals surface area contributed by atoms with Gasteiger partial charge in [-0.1, -0.05) is 19.3 Å². The summed E-state index contributed by atoms with van der Waals surface area (Å²) >= 11 is 0. The maximum atomic E-state index is 12.7. The Kier molecular flexibility index (Phi) is 5.71. The zero-order valence-corrected chi connectivity index (χ0v) is 16.6. The van der Waals surface area contributed by atoms with Crippen LogP contribution in [0.25, 0.3) is 11.1 Å². The summed E-state index contributed by atoms with van der Waals surface area (Å²) in [6, 6.07) is 4.01. The van der Waals surface area contributed by atoms with E-state index >= 15 is 0 Å². The number of benzene rings is 1. The maximum Gasteiger partial charge on any atom is 0.417 e. The normalized spacial score (nSPS) is 19.0. The molecule has 2 aliphatic rings. The van der Waals surface area contributed by atoms with Gasteiger partial charge in [0.2, 0.25) is 5.91 Å². The van der Waals surface area contributed by atoms with Gasteiger partial charge in [-0.2, -0.15) is 0 Å². The monoisotopic (exact) mass is 400 g/mol. The fraction of sp³-hybridized carbons (Fsp3) is 0.571. The molecule has 2 aromatic rings. The van der Waals surface area contributed by atoms with Crippen LogP contribution in [0.2, 0.25) is 0 Å². The molecule has 0 atom stereocenters. The first kappa shape index (κ1) is 19.7. The number of amides is 2. The molecule has 1 saturated heterocycles. The predicted octanol–water partition coefficient (Wildman–Crippen LogP) is 1.63. The molecular formula is C21H28N4O4. The van der Waals surface area contributed by atoms with Crippen molar-refractivity contribution in [3.05, 3.63) is 33.8 Å². The van der Waals surface area contributed by atoms with Gasteiger partial charge in [0.1, 0.15) is 0 Å². The molecule has 1 aromatic carbocycles. The summed E-state index contributed by atoms with van der Waals surface area (Å²) in [5, 5.41) is 0. The fourth-order valence-corrected chi connectivity index (χ4v) is 4.64. The number of hydrogen-bond acceptors (Lipinski definition) is 5. The number of hydrogen-bond donors (Lipinski definition) is 2. The Morgan fingerprint density at radius 1 is 1.10 bits per heavy atom. The molecule has 1 saturated carbocycles.